The fourth-order valence-electron chi connectivity index (χ4n) is 2.20. The molecule has 1 atom stereocenters. The molecule has 0 radical (unpaired) electrons. The van der Waals surface area contributed by atoms with Gasteiger partial charge in [0.05, 0.1) is 15.7 Å². The van der Waals surface area contributed by atoms with Crippen LogP contribution in [-0.2, 0) is 9.53 Å². The molecule has 1 aromatic heterocycles. The Balaban J connectivity index is 1.69. The van der Waals surface area contributed by atoms with Gasteiger partial charge in [-0.15, -0.1) is 11.3 Å². The second-order valence-corrected chi connectivity index (χ2v) is 7.18. The van der Waals surface area contributed by atoms with Gasteiger partial charge in [0.15, 0.2) is 6.10 Å². The molecule has 0 fully saturated rings. The minimum Gasteiger partial charge on any atom is -0.448 e. The van der Waals surface area contributed by atoms with Gasteiger partial charge in [-0.2, -0.15) is 0 Å². The average Bonchev–Trinajstić information content (AvgIpc) is 3.02. The summed E-state index contributed by atoms with van der Waals surface area (Å²) in [7, 11) is 0. The topological polar surface area (TPSA) is 55.4 Å². The molecule has 0 aliphatic carbocycles. The number of amides is 1. The van der Waals surface area contributed by atoms with E-state index in [0.717, 1.165) is 10.1 Å². The highest BCUT2D eigenvalue weighted by Crippen LogP contribution is 2.30. The van der Waals surface area contributed by atoms with Gasteiger partial charge in [0.2, 0.25) is 0 Å². The van der Waals surface area contributed by atoms with E-state index in [2.05, 4.69) is 5.32 Å². The van der Waals surface area contributed by atoms with Crippen molar-refractivity contribution in [1.29, 1.82) is 0 Å². The maximum Gasteiger partial charge on any atom is 0.349 e. The normalized spacial score (nSPS) is 12.0. The summed E-state index contributed by atoms with van der Waals surface area (Å²) < 4.78 is 6.23. The van der Waals surface area contributed by atoms with Gasteiger partial charge in [0, 0.05) is 4.70 Å². The summed E-state index contributed by atoms with van der Waals surface area (Å²) in [4.78, 5) is 25.0. The number of rotatable bonds is 4. The summed E-state index contributed by atoms with van der Waals surface area (Å²) in [5.74, 6) is -1.06. The van der Waals surface area contributed by atoms with E-state index in [-0.39, 0.29) is 0 Å². The van der Waals surface area contributed by atoms with Crippen molar-refractivity contribution in [3.63, 3.8) is 0 Å². The number of benzene rings is 2. The molecule has 0 unspecified atom stereocenters. The fraction of sp³-hybridized carbons (Fsp3) is 0.111. The number of anilines is 1. The highest BCUT2D eigenvalue weighted by atomic mass is 35.5. The van der Waals surface area contributed by atoms with E-state index in [4.69, 9.17) is 27.9 Å². The van der Waals surface area contributed by atoms with Gasteiger partial charge < -0.3 is 10.1 Å². The number of halogens is 2. The minimum atomic E-state index is -0.995. The Kier molecular flexibility index (Phi) is 5.27. The van der Waals surface area contributed by atoms with Crippen LogP contribution in [0.2, 0.25) is 10.0 Å². The number of fused-ring (bicyclic) bond motifs is 1. The molecule has 1 amide bonds. The average molecular weight is 394 g/mol. The number of hydrogen-bond acceptors (Lipinski definition) is 4. The van der Waals surface area contributed by atoms with Gasteiger partial charge in [-0.05, 0) is 36.6 Å². The Morgan fingerprint density at radius 3 is 2.44 bits per heavy atom. The van der Waals surface area contributed by atoms with Crippen LogP contribution in [0.5, 0.6) is 0 Å². The van der Waals surface area contributed by atoms with Crippen LogP contribution in [0.1, 0.15) is 16.6 Å². The fourth-order valence-corrected chi connectivity index (χ4v) is 3.63. The zero-order chi connectivity index (χ0) is 18.0. The second-order valence-electron chi connectivity index (χ2n) is 5.28. The van der Waals surface area contributed by atoms with Crippen LogP contribution in [0.25, 0.3) is 10.1 Å². The number of carbonyl (C=O) groups is 2. The molecule has 0 saturated heterocycles. The molecule has 25 heavy (non-hydrogen) atoms. The van der Waals surface area contributed by atoms with Gasteiger partial charge in [0.25, 0.3) is 5.91 Å². The molecular formula is C18H13Cl2NO3S. The predicted molar refractivity (Wildman–Crippen MR) is 102 cm³/mol. The van der Waals surface area contributed by atoms with Crippen molar-refractivity contribution in [2.24, 2.45) is 0 Å². The predicted octanol–water partition coefficient (Wildman–Crippen LogP) is 5.39. The van der Waals surface area contributed by atoms with Crippen molar-refractivity contribution < 1.29 is 14.3 Å². The Labute approximate surface area is 158 Å². The molecule has 128 valence electrons. The van der Waals surface area contributed by atoms with Crippen molar-refractivity contribution >= 4 is 62.2 Å². The van der Waals surface area contributed by atoms with Crippen molar-refractivity contribution in [2.45, 2.75) is 13.0 Å². The van der Waals surface area contributed by atoms with E-state index >= 15 is 0 Å². The maximum atomic E-state index is 12.3. The lowest BCUT2D eigenvalue weighted by molar-refractivity contribution is -0.123. The monoisotopic (exact) mass is 393 g/mol. The van der Waals surface area contributed by atoms with Gasteiger partial charge in [-0.3, -0.25) is 4.79 Å². The highest BCUT2D eigenvalue weighted by Gasteiger charge is 2.21. The van der Waals surface area contributed by atoms with Crippen LogP contribution in [0.3, 0.4) is 0 Å². The van der Waals surface area contributed by atoms with Crippen LogP contribution in [-0.4, -0.2) is 18.0 Å². The number of thiophene rings is 1. The maximum absolute atomic E-state index is 12.3. The molecular weight excluding hydrogens is 381 g/mol. The summed E-state index contributed by atoms with van der Waals surface area (Å²) >= 11 is 13.4. The summed E-state index contributed by atoms with van der Waals surface area (Å²) in [6.07, 6.45) is -0.995. The van der Waals surface area contributed by atoms with Crippen molar-refractivity contribution in [1.82, 2.24) is 0 Å². The third-order valence-corrected chi connectivity index (χ3v) is 5.22. The van der Waals surface area contributed by atoms with Gasteiger partial charge in [0.1, 0.15) is 4.88 Å². The zero-order valence-corrected chi connectivity index (χ0v) is 15.4. The highest BCUT2D eigenvalue weighted by molar-refractivity contribution is 7.20. The summed E-state index contributed by atoms with van der Waals surface area (Å²) in [5.41, 5.74) is 0.292. The van der Waals surface area contributed by atoms with Crippen molar-refractivity contribution in [3.8, 4) is 0 Å². The lowest BCUT2D eigenvalue weighted by Crippen LogP contribution is -2.30. The van der Waals surface area contributed by atoms with Crippen LogP contribution in [0, 0.1) is 0 Å². The lowest BCUT2D eigenvalue weighted by atomic mass is 10.2. The minimum absolute atomic E-state index is 0.292. The van der Waals surface area contributed by atoms with E-state index < -0.39 is 18.0 Å². The standard InChI is InChI=1S/C18H13Cl2NO3S/c1-10(17(22)21-16-12(19)6-4-7-13(16)20)24-18(23)15-9-11-5-2-3-8-14(11)25-15/h2-10H,1H3,(H,21,22)/t10-/m1/s1. The zero-order valence-electron chi connectivity index (χ0n) is 13.1. The van der Waals surface area contributed by atoms with Crippen LogP contribution < -0.4 is 5.32 Å². The summed E-state index contributed by atoms with van der Waals surface area (Å²) in [6, 6.07) is 14.3. The Morgan fingerprint density at radius 1 is 1.08 bits per heavy atom. The first-order valence-corrected chi connectivity index (χ1v) is 8.97. The number of nitrogens with one attached hydrogen (secondary N) is 1. The quantitative estimate of drug-likeness (QED) is 0.604. The SMILES string of the molecule is C[C@@H](OC(=O)c1cc2ccccc2s1)C(=O)Nc1c(Cl)cccc1Cl. The third-order valence-electron chi connectivity index (χ3n) is 3.49. The largest absolute Gasteiger partial charge is 0.448 e. The molecule has 1 heterocycles. The number of esters is 1. The first kappa shape index (κ1) is 17.7. The molecule has 7 heteroatoms. The van der Waals surface area contributed by atoms with Gasteiger partial charge >= 0.3 is 5.97 Å². The van der Waals surface area contributed by atoms with Crippen LogP contribution in [0.4, 0.5) is 5.69 Å². The van der Waals surface area contributed by atoms with Gasteiger partial charge in [-0.1, -0.05) is 47.5 Å². The Bertz CT molecular complexity index is 901. The molecule has 4 nitrogen and oxygen atoms in total. The summed E-state index contributed by atoms with van der Waals surface area (Å²) in [6.45, 7) is 1.49. The molecule has 1 N–H and O–H groups in total. The van der Waals surface area contributed by atoms with Crippen LogP contribution in [0.15, 0.2) is 48.5 Å². The number of carbonyl (C=O) groups excluding carboxylic acids is 2. The molecule has 0 aliphatic rings. The number of ether oxygens (including phenoxy) is 1. The smallest absolute Gasteiger partial charge is 0.349 e. The molecule has 2 aromatic carbocycles. The van der Waals surface area contributed by atoms with E-state index in [1.165, 1.54) is 18.3 Å². The first-order chi connectivity index (χ1) is 12.0. The second kappa shape index (κ2) is 7.44. The molecule has 0 bridgehead atoms. The van der Waals surface area contributed by atoms with Gasteiger partial charge in [-0.25, -0.2) is 4.79 Å². The summed E-state index contributed by atoms with van der Waals surface area (Å²) in [5, 5.41) is 4.16. The van der Waals surface area contributed by atoms with E-state index in [1.54, 1.807) is 24.3 Å². The Hall–Kier alpha value is -2.08. The van der Waals surface area contributed by atoms with E-state index in [0.29, 0.717) is 20.6 Å². The molecule has 0 aliphatic heterocycles. The van der Waals surface area contributed by atoms with Crippen molar-refractivity contribution in [3.05, 3.63) is 63.5 Å². The van der Waals surface area contributed by atoms with E-state index in [1.807, 2.05) is 24.3 Å². The molecule has 0 spiro atoms. The molecule has 3 rings (SSSR count). The van der Waals surface area contributed by atoms with Crippen LogP contribution >= 0.6 is 34.5 Å². The third kappa shape index (κ3) is 3.95. The number of hydrogen-bond donors (Lipinski definition) is 1. The Morgan fingerprint density at radius 2 is 1.76 bits per heavy atom. The number of para-hydroxylation sites is 1. The molecule has 0 saturated carbocycles. The lowest BCUT2D eigenvalue weighted by Gasteiger charge is -2.14. The molecule has 3 aromatic rings. The van der Waals surface area contributed by atoms with Crippen molar-refractivity contribution in [2.75, 3.05) is 5.32 Å². The van der Waals surface area contributed by atoms with E-state index in [9.17, 15) is 9.59 Å². The first-order valence-electron chi connectivity index (χ1n) is 7.40.